The zero-order valence-electron chi connectivity index (χ0n) is 12.1. The summed E-state index contributed by atoms with van der Waals surface area (Å²) in [6.07, 6.45) is 3.41. The highest BCUT2D eigenvalue weighted by atomic mass is 79.9. The van der Waals surface area contributed by atoms with Gasteiger partial charge in [-0.2, -0.15) is 0 Å². The summed E-state index contributed by atoms with van der Waals surface area (Å²) in [5.41, 5.74) is 0.899. The molecule has 0 N–H and O–H groups in total. The van der Waals surface area contributed by atoms with Crippen LogP contribution >= 0.6 is 39.9 Å². The second-order valence-electron chi connectivity index (χ2n) is 4.74. The van der Waals surface area contributed by atoms with E-state index in [9.17, 15) is 4.79 Å². The molecule has 118 valence electrons. The number of carbonyl (C=O) groups excluding carboxylic acids is 1. The lowest BCUT2D eigenvalue weighted by Gasteiger charge is -2.12. The lowest BCUT2D eigenvalue weighted by atomic mass is 10.2. The largest absolute Gasteiger partial charge is 0.496 e. The van der Waals surface area contributed by atoms with Crippen molar-refractivity contribution in [1.82, 2.24) is 4.90 Å². The summed E-state index contributed by atoms with van der Waals surface area (Å²) in [5.74, 6) is 1.34. The number of ether oxygens (including phenoxy) is 1. The Morgan fingerprint density at radius 3 is 2.91 bits per heavy atom. The van der Waals surface area contributed by atoms with Gasteiger partial charge in [0.05, 0.1) is 29.3 Å². The molecule has 1 fully saturated rings. The Hall–Kier alpha value is -1.57. The van der Waals surface area contributed by atoms with Gasteiger partial charge in [0, 0.05) is 0 Å². The molecule has 1 aliphatic heterocycles. The summed E-state index contributed by atoms with van der Waals surface area (Å²) in [6, 6.07) is 9.25. The zero-order valence-corrected chi connectivity index (χ0v) is 15.3. The van der Waals surface area contributed by atoms with Crippen molar-refractivity contribution >= 4 is 56.2 Å². The van der Waals surface area contributed by atoms with Crippen molar-refractivity contribution in [3.63, 3.8) is 0 Å². The molecule has 0 aliphatic carbocycles. The van der Waals surface area contributed by atoms with Crippen molar-refractivity contribution in [3.05, 3.63) is 57.3 Å². The number of furan rings is 1. The summed E-state index contributed by atoms with van der Waals surface area (Å²) < 4.78 is 11.9. The molecule has 2 heterocycles. The van der Waals surface area contributed by atoms with E-state index in [-0.39, 0.29) is 5.91 Å². The maximum Gasteiger partial charge on any atom is 0.266 e. The number of nitrogens with zero attached hydrogens (tertiary/aromatic N) is 1. The maximum atomic E-state index is 12.5. The Labute approximate surface area is 151 Å². The molecular weight excluding hydrogens is 398 g/mol. The number of hydrogen-bond acceptors (Lipinski definition) is 5. The van der Waals surface area contributed by atoms with Crippen LogP contribution in [-0.2, 0) is 11.3 Å². The van der Waals surface area contributed by atoms with Gasteiger partial charge in [0.2, 0.25) is 0 Å². The third kappa shape index (κ3) is 3.52. The van der Waals surface area contributed by atoms with Crippen molar-refractivity contribution < 1.29 is 13.9 Å². The minimum absolute atomic E-state index is 0.108. The topological polar surface area (TPSA) is 42.7 Å². The molecule has 0 atom stereocenters. The van der Waals surface area contributed by atoms with Crippen LogP contribution in [0, 0.1) is 0 Å². The second kappa shape index (κ2) is 6.90. The molecule has 1 aromatic carbocycles. The fraction of sp³-hybridized carbons (Fsp3) is 0.125. The van der Waals surface area contributed by atoms with E-state index < -0.39 is 0 Å². The minimum atomic E-state index is -0.108. The molecule has 0 bridgehead atoms. The summed E-state index contributed by atoms with van der Waals surface area (Å²) in [6.45, 7) is 0.349. The van der Waals surface area contributed by atoms with Crippen LogP contribution < -0.4 is 4.74 Å². The molecule has 2 aromatic rings. The first-order chi connectivity index (χ1) is 11.1. The Morgan fingerprint density at radius 1 is 1.43 bits per heavy atom. The molecule has 0 spiro atoms. The Balaban J connectivity index is 1.82. The van der Waals surface area contributed by atoms with Gasteiger partial charge in [-0.05, 0) is 51.8 Å². The molecular formula is C16H12BrNO3S2. The lowest BCUT2D eigenvalue weighted by molar-refractivity contribution is -0.122. The number of methoxy groups -OCH3 is 1. The van der Waals surface area contributed by atoms with Crippen LogP contribution in [0.1, 0.15) is 11.3 Å². The van der Waals surface area contributed by atoms with Gasteiger partial charge >= 0.3 is 0 Å². The van der Waals surface area contributed by atoms with Gasteiger partial charge in [-0.3, -0.25) is 9.69 Å². The standard InChI is InChI=1S/C16H12BrNO3S2/c1-20-13-5-4-10(7-12(13)17)8-14-15(19)18(16(22)23-14)9-11-3-2-6-21-11/h2-8H,9H2,1H3. The Morgan fingerprint density at radius 2 is 2.26 bits per heavy atom. The molecule has 0 saturated carbocycles. The number of carbonyl (C=O) groups is 1. The SMILES string of the molecule is COc1ccc(C=C2SC(=S)N(Cc3ccco3)C2=O)cc1Br. The normalized spacial score (nSPS) is 16.4. The minimum Gasteiger partial charge on any atom is -0.496 e. The molecule has 7 heteroatoms. The first-order valence-corrected chi connectivity index (χ1v) is 8.71. The van der Waals surface area contributed by atoms with E-state index in [2.05, 4.69) is 15.9 Å². The number of rotatable bonds is 4. The second-order valence-corrected chi connectivity index (χ2v) is 7.27. The van der Waals surface area contributed by atoms with Gasteiger partial charge in [-0.25, -0.2) is 0 Å². The third-order valence-electron chi connectivity index (χ3n) is 3.24. The average molecular weight is 410 g/mol. The quantitative estimate of drug-likeness (QED) is 0.550. The highest BCUT2D eigenvalue weighted by Crippen LogP contribution is 2.34. The highest BCUT2D eigenvalue weighted by molar-refractivity contribution is 9.10. The Bertz CT molecular complexity index is 787. The summed E-state index contributed by atoms with van der Waals surface area (Å²) in [5, 5.41) is 0. The van der Waals surface area contributed by atoms with E-state index in [4.69, 9.17) is 21.4 Å². The molecule has 1 aliphatic rings. The number of thioether (sulfide) groups is 1. The van der Waals surface area contributed by atoms with Crippen LogP contribution in [0.3, 0.4) is 0 Å². The summed E-state index contributed by atoms with van der Waals surface area (Å²) >= 11 is 10.0. The molecule has 0 unspecified atom stereocenters. The first kappa shape index (κ1) is 16.3. The van der Waals surface area contributed by atoms with E-state index in [1.54, 1.807) is 24.3 Å². The van der Waals surface area contributed by atoms with Crippen LogP contribution in [0.2, 0.25) is 0 Å². The van der Waals surface area contributed by atoms with E-state index in [0.29, 0.717) is 21.5 Å². The Kier molecular flexibility index (Phi) is 4.89. The van der Waals surface area contributed by atoms with Gasteiger partial charge in [0.1, 0.15) is 15.8 Å². The number of thiocarbonyl (C=S) groups is 1. The third-order valence-corrected chi connectivity index (χ3v) is 5.24. The molecule has 1 amide bonds. The van der Waals surface area contributed by atoms with Crippen molar-refractivity contribution in [3.8, 4) is 5.75 Å². The summed E-state index contributed by atoms with van der Waals surface area (Å²) in [7, 11) is 1.61. The van der Waals surface area contributed by atoms with Crippen LogP contribution in [0.4, 0.5) is 0 Å². The zero-order chi connectivity index (χ0) is 16.4. The number of benzene rings is 1. The van der Waals surface area contributed by atoms with Gasteiger partial charge in [-0.15, -0.1) is 0 Å². The fourth-order valence-electron chi connectivity index (χ4n) is 2.12. The number of amides is 1. The van der Waals surface area contributed by atoms with Crippen LogP contribution in [-0.4, -0.2) is 22.2 Å². The van der Waals surface area contributed by atoms with Crippen molar-refractivity contribution in [2.45, 2.75) is 6.54 Å². The molecule has 0 radical (unpaired) electrons. The van der Waals surface area contributed by atoms with Gasteiger partial charge < -0.3 is 9.15 Å². The smallest absolute Gasteiger partial charge is 0.266 e. The average Bonchev–Trinajstić information content (AvgIpc) is 3.12. The predicted octanol–water partition coefficient (Wildman–Crippen LogP) is 4.45. The van der Waals surface area contributed by atoms with Crippen LogP contribution in [0.5, 0.6) is 5.75 Å². The van der Waals surface area contributed by atoms with Gasteiger partial charge in [0.15, 0.2) is 0 Å². The van der Waals surface area contributed by atoms with Crippen molar-refractivity contribution in [2.24, 2.45) is 0 Å². The van der Waals surface area contributed by atoms with E-state index in [1.165, 1.54) is 11.8 Å². The fourth-order valence-corrected chi connectivity index (χ4v) is 3.93. The van der Waals surface area contributed by atoms with Crippen molar-refractivity contribution in [1.29, 1.82) is 0 Å². The lowest BCUT2D eigenvalue weighted by Crippen LogP contribution is -2.27. The summed E-state index contributed by atoms with van der Waals surface area (Å²) in [4.78, 5) is 14.7. The molecule has 23 heavy (non-hydrogen) atoms. The van der Waals surface area contributed by atoms with Crippen molar-refractivity contribution in [2.75, 3.05) is 7.11 Å². The van der Waals surface area contributed by atoms with E-state index in [0.717, 1.165) is 15.8 Å². The van der Waals surface area contributed by atoms with Crippen LogP contribution in [0.15, 0.2) is 50.4 Å². The van der Waals surface area contributed by atoms with E-state index >= 15 is 0 Å². The predicted molar refractivity (Wildman–Crippen MR) is 98.1 cm³/mol. The molecule has 4 nitrogen and oxygen atoms in total. The van der Waals surface area contributed by atoms with Gasteiger partial charge in [-0.1, -0.05) is 30.0 Å². The molecule has 1 aromatic heterocycles. The van der Waals surface area contributed by atoms with Gasteiger partial charge in [0.25, 0.3) is 5.91 Å². The molecule has 1 saturated heterocycles. The first-order valence-electron chi connectivity index (χ1n) is 6.70. The van der Waals surface area contributed by atoms with Crippen LogP contribution in [0.25, 0.3) is 6.08 Å². The molecule has 3 rings (SSSR count). The maximum absolute atomic E-state index is 12.5. The highest BCUT2D eigenvalue weighted by Gasteiger charge is 2.32. The number of halogens is 1. The monoisotopic (exact) mass is 409 g/mol. The number of hydrogen-bond donors (Lipinski definition) is 0. The van der Waals surface area contributed by atoms with E-state index in [1.807, 2.05) is 30.3 Å².